The van der Waals surface area contributed by atoms with Gasteiger partial charge in [-0.15, -0.1) is 5.10 Å². The summed E-state index contributed by atoms with van der Waals surface area (Å²) in [6.07, 6.45) is 0. The van der Waals surface area contributed by atoms with Gasteiger partial charge in [-0.3, -0.25) is 0 Å². The maximum Gasteiger partial charge on any atom is 0.244 e. The third-order valence-corrected chi connectivity index (χ3v) is 1.73. The molecule has 0 unspecified atom stereocenters. The van der Waals surface area contributed by atoms with Crippen LogP contribution in [0.3, 0.4) is 0 Å². The van der Waals surface area contributed by atoms with E-state index in [4.69, 9.17) is 5.73 Å². The Kier molecular flexibility index (Phi) is 3.21. The average Bonchev–Trinajstić information content (AvgIpc) is 2.26. The van der Waals surface area contributed by atoms with Crippen LogP contribution in [-0.2, 0) is 6.54 Å². The minimum absolute atomic E-state index is 0.0452. The molecular weight excluding hydrogens is 190 g/mol. The van der Waals surface area contributed by atoms with Crippen LogP contribution in [0.2, 0.25) is 0 Å². The Morgan fingerprint density at radius 3 is 2.47 bits per heavy atom. The molecule has 5 heteroatoms. The van der Waals surface area contributed by atoms with Crippen molar-refractivity contribution in [2.75, 3.05) is 11.1 Å². The summed E-state index contributed by atoms with van der Waals surface area (Å²) < 4.78 is 1.73. The zero-order valence-corrected chi connectivity index (χ0v) is 10.2. The van der Waals surface area contributed by atoms with Gasteiger partial charge in [0.25, 0.3) is 0 Å². The number of nitrogen functional groups attached to an aromatic ring is 1. The Morgan fingerprint density at radius 1 is 1.40 bits per heavy atom. The average molecular weight is 211 g/mol. The summed E-state index contributed by atoms with van der Waals surface area (Å²) in [6, 6.07) is 0. The molecule has 1 rings (SSSR count). The first kappa shape index (κ1) is 11.8. The first-order chi connectivity index (χ1) is 6.78. The summed E-state index contributed by atoms with van der Waals surface area (Å²) in [5.74, 6) is 1.58. The van der Waals surface area contributed by atoms with Crippen LogP contribution in [-0.4, -0.2) is 20.3 Å². The molecule has 0 fully saturated rings. The molecule has 0 radical (unpaired) electrons. The number of hydrogen-bond acceptors (Lipinski definition) is 4. The zero-order chi connectivity index (χ0) is 11.6. The molecule has 15 heavy (non-hydrogen) atoms. The standard InChI is InChI=1S/C10H21N5/c1-7(2)6-15-8(11)12-9(14-15)13-10(3,4)5/h7H,6H2,1-5H3,(H3,11,12,13,14). The fourth-order valence-corrected chi connectivity index (χ4v) is 1.22. The predicted octanol–water partition coefficient (Wildman–Crippen LogP) is 1.73. The van der Waals surface area contributed by atoms with Crippen molar-refractivity contribution in [3.05, 3.63) is 0 Å². The van der Waals surface area contributed by atoms with Crippen molar-refractivity contribution < 1.29 is 0 Å². The molecule has 86 valence electrons. The van der Waals surface area contributed by atoms with Crippen molar-refractivity contribution in [3.63, 3.8) is 0 Å². The third-order valence-electron chi connectivity index (χ3n) is 1.73. The van der Waals surface area contributed by atoms with Crippen LogP contribution in [0.25, 0.3) is 0 Å². The van der Waals surface area contributed by atoms with E-state index in [0.717, 1.165) is 6.54 Å². The van der Waals surface area contributed by atoms with Crippen molar-refractivity contribution in [2.24, 2.45) is 5.92 Å². The molecule has 0 spiro atoms. The van der Waals surface area contributed by atoms with Crippen LogP contribution in [0.1, 0.15) is 34.6 Å². The van der Waals surface area contributed by atoms with Crippen LogP contribution >= 0.6 is 0 Å². The summed E-state index contributed by atoms with van der Waals surface area (Å²) in [7, 11) is 0. The number of aromatic nitrogens is 3. The van der Waals surface area contributed by atoms with E-state index in [1.807, 2.05) is 0 Å². The lowest BCUT2D eigenvalue weighted by Gasteiger charge is -2.18. The van der Waals surface area contributed by atoms with Gasteiger partial charge < -0.3 is 11.1 Å². The molecule has 0 atom stereocenters. The van der Waals surface area contributed by atoms with Gasteiger partial charge in [-0.25, -0.2) is 4.68 Å². The topological polar surface area (TPSA) is 68.8 Å². The third kappa shape index (κ3) is 3.77. The molecule has 3 N–H and O–H groups in total. The lowest BCUT2D eigenvalue weighted by atomic mass is 10.1. The Balaban J connectivity index is 2.77. The minimum atomic E-state index is -0.0452. The lowest BCUT2D eigenvalue weighted by molar-refractivity contribution is 0.487. The molecule has 0 saturated carbocycles. The van der Waals surface area contributed by atoms with Gasteiger partial charge in [-0.1, -0.05) is 13.8 Å². The maximum absolute atomic E-state index is 5.76. The highest BCUT2D eigenvalue weighted by Crippen LogP contribution is 2.13. The Morgan fingerprint density at radius 2 is 2.00 bits per heavy atom. The van der Waals surface area contributed by atoms with Crippen LogP contribution < -0.4 is 11.1 Å². The van der Waals surface area contributed by atoms with Gasteiger partial charge in [-0.2, -0.15) is 4.98 Å². The fraction of sp³-hybridized carbons (Fsp3) is 0.800. The van der Waals surface area contributed by atoms with E-state index in [1.165, 1.54) is 0 Å². The summed E-state index contributed by atoms with van der Waals surface area (Å²) in [6.45, 7) is 11.2. The van der Waals surface area contributed by atoms with Crippen molar-refractivity contribution in [1.29, 1.82) is 0 Å². The molecule has 0 saturated heterocycles. The van der Waals surface area contributed by atoms with Crippen molar-refractivity contribution in [1.82, 2.24) is 14.8 Å². The molecule has 1 aromatic heterocycles. The molecule has 0 aliphatic carbocycles. The monoisotopic (exact) mass is 211 g/mol. The second-order valence-electron chi connectivity index (χ2n) is 5.24. The summed E-state index contributed by atoms with van der Waals surface area (Å²) in [5, 5.41) is 7.50. The number of nitrogens with zero attached hydrogens (tertiary/aromatic N) is 3. The van der Waals surface area contributed by atoms with Crippen LogP contribution in [0.5, 0.6) is 0 Å². The SMILES string of the molecule is CC(C)Cn1nc(NC(C)(C)C)nc1N. The molecule has 1 aromatic rings. The number of nitrogens with two attached hydrogens (primary N) is 1. The van der Waals surface area contributed by atoms with Gasteiger partial charge in [0, 0.05) is 12.1 Å². The zero-order valence-electron chi connectivity index (χ0n) is 10.2. The fourth-order valence-electron chi connectivity index (χ4n) is 1.22. The van der Waals surface area contributed by atoms with E-state index in [9.17, 15) is 0 Å². The summed E-state index contributed by atoms with van der Waals surface area (Å²) >= 11 is 0. The van der Waals surface area contributed by atoms with E-state index in [0.29, 0.717) is 17.8 Å². The molecule has 0 aliphatic rings. The minimum Gasteiger partial charge on any atom is -0.368 e. The van der Waals surface area contributed by atoms with Gasteiger partial charge in [0.2, 0.25) is 11.9 Å². The molecule has 5 nitrogen and oxygen atoms in total. The number of nitrogens with one attached hydrogen (secondary N) is 1. The number of hydrogen-bond donors (Lipinski definition) is 2. The van der Waals surface area contributed by atoms with Crippen LogP contribution in [0.4, 0.5) is 11.9 Å². The summed E-state index contributed by atoms with van der Waals surface area (Å²) in [5.41, 5.74) is 5.71. The van der Waals surface area contributed by atoms with Gasteiger partial charge in [0.05, 0.1) is 0 Å². The molecule has 0 bridgehead atoms. The van der Waals surface area contributed by atoms with Gasteiger partial charge >= 0.3 is 0 Å². The Bertz CT molecular complexity index is 321. The number of anilines is 2. The van der Waals surface area contributed by atoms with Gasteiger partial charge in [-0.05, 0) is 26.7 Å². The van der Waals surface area contributed by atoms with E-state index in [-0.39, 0.29) is 5.54 Å². The van der Waals surface area contributed by atoms with Crippen LogP contribution in [0.15, 0.2) is 0 Å². The normalized spacial score (nSPS) is 12.1. The smallest absolute Gasteiger partial charge is 0.244 e. The largest absolute Gasteiger partial charge is 0.368 e. The van der Waals surface area contributed by atoms with E-state index < -0.39 is 0 Å². The quantitative estimate of drug-likeness (QED) is 0.799. The molecular formula is C10H21N5. The first-order valence-electron chi connectivity index (χ1n) is 5.26. The highest BCUT2D eigenvalue weighted by molar-refractivity contribution is 5.33. The second kappa shape index (κ2) is 4.08. The maximum atomic E-state index is 5.76. The summed E-state index contributed by atoms with van der Waals surface area (Å²) in [4.78, 5) is 4.17. The van der Waals surface area contributed by atoms with Crippen molar-refractivity contribution >= 4 is 11.9 Å². The van der Waals surface area contributed by atoms with Crippen LogP contribution in [0, 0.1) is 5.92 Å². The second-order valence-corrected chi connectivity index (χ2v) is 5.24. The van der Waals surface area contributed by atoms with E-state index >= 15 is 0 Å². The lowest BCUT2D eigenvalue weighted by Crippen LogP contribution is -2.26. The highest BCUT2D eigenvalue weighted by atomic mass is 15.4. The number of rotatable bonds is 3. The van der Waals surface area contributed by atoms with E-state index in [2.05, 4.69) is 50.0 Å². The predicted molar refractivity (Wildman–Crippen MR) is 62.6 cm³/mol. The Hall–Kier alpha value is -1.26. The molecule has 0 aliphatic heterocycles. The highest BCUT2D eigenvalue weighted by Gasteiger charge is 2.14. The van der Waals surface area contributed by atoms with Crippen molar-refractivity contribution in [2.45, 2.75) is 46.7 Å². The molecule has 0 amide bonds. The first-order valence-corrected chi connectivity index (χ1v) is 5.26. The van der Waals surface area contributed by atoms with Gasteiger partial charge in [0.1, 0.15) is 0 Å². The Labute approximate surface area is 91.1 Å². The molecule has 1 heterocycles. The molecule has 0 aromatic carbocycles. The van der Waals surface area contributed by atoms with Gasteiger partial charge in [0.15, 0.2) is 0 Å². The van der Waals surface area contributed by atoms with E-state index in [1.54, 1.807) is 4.68 Å². The van der Waals surface area contributed by atoms with Crippen molar-refractivity contribution in [3.8, 4) is 0 Å².